The topological polar surface area (TPSA) is 33.5 Å². The molecule has 0 bridgehead atoms. The molecule has 1 amide bonds. The van der Waals surface area contributed by atoms with Crippen LogP contribution in [0.4, 0.5) is 0 Å². The number of benzene rings is 1. The summed E-state index contributed by atoms with van der Waals surface area (Å²) < 4.78 is 5.79. The molecule has 3 rings (SSSR count). The Morgan fingerprint density at radius 3 is 2.57 bits per heavy atom. The standard InChI is InChI=1S/C17H20ClNO2/c1-10-7-11(2)9-19(8-10)17(20)15-12(3)13-5-4-6-14(18)16(13)21-15/h4-6,10-11H,7-9H2,1-3H3. The predicted molar refractivity (Wildman–Crippen MR) is 84.8 cm³/mol. The molecule has 2 atom stereocenters. The van der Waals surface area contributed by atoms with E-state index in [-0.39, 0.29) is 5.91 Å². The highest BCUT2D eigenvalue weighted by Gasteiger charge is 2.29. The molecular formula is C17H20ClNO2. The zero-order chi connectivity index (χ0) is 15.1. The van der Waals surface area contributed by atoms with E-state index in [0.717, 1.165) is 24.0 Å². The van der Waals surface area contributed by atoms with Gasteiger partial charge in [0.1, 0.15) is 0 Å². The molecule has 0 N–H and O–H groups in total. The number of likely N-dealkylation sites (tertiary alicyclic amines) is 1. The number of carbonyl (C=O) groups is 1. The van der Waals surface area contributed by atoms with E-state index in [1.54, 1.807) is 6.07 Å². The fourth-order valence-corrected chi connectivity index (χ4v) is 3.60. The molecule has 0 spiro atoms. The van der Waals surface area contributed by atoms with Crippen LogP contribution in [0.25, 0.3) is 11.0 Å². The third-order valence-electron chi connectivity index (χ3n) is 4.27. The van der Waals surface area contributed by atoms with Crippen molar-refractivity contribution in [1.29, 1.82) is 0 Å². The Balaban J connectivity index is 1.98. The lowest BCUT2D eigenvalue weighted by atomic mass is 9.91. The van der Waals surface area contributed by atoms with Gasteiger partial charge in [-0.1, -0.05) is 37.6 Å². The van der Waals surface area contributed by atoms with Crippen molar-refractivity contribution in [3.05, 3.63) is 34.5 Å². The Labute approximate surface area is 129 Å². The van der Waals surface area contributed by atoms with E-state index in [9.17, 15) is 4.79 Å². The molecule has 1 aliphatic rings. The first kappa shape index (κ1) is 14.5. The van der Waals surface area contributed by atoms with E-state index >= 15 is 0 Å². The molecule has 1 fully saturated rings. The van der Waals surface area contributed by atoms with Crippen molar-refractivity contribution in [2.45, 2.75) is 27.2 Å². The number of nitrogens with zero attached hydrogens (tertiary/aromatic N) is 1. The highest BCUT2D eigenvalue weighted by Crippen LogP contribution is 2.32. The summed E-state index contributed by atoms with van der Waals surface area (Å²) in [5.41, 5.74) is 1.49. The van der Waals surface area contributed by atoms with Crippen LogP contribution in [0, 0.1) is 18.8 Å². The van der Waals surface area contributed by atoms with Crippen molar-refractivity contribution in [2.24, 2.45) is 11.8 Å². The smallest absolute Gasteiger partial charge is 0.289 e. The molecule has 1 aromatic heterocycles. The maximum atomic E-state index is 12.8. The summed E-state index contributed by atoms with van der Waals surface area (Å²) >= 11 is 6.16. The van der Waals surface area contributed by atoms with Gasteiger partial charge in [0.15, 0.2) is 11.3 Å². The summed E-state index contributed by atoms with van der Waals surface area (Å²) in [5.74, 6) is 1.48. The van der Waals surface area contributed by atoms with Gasteiger partial charge in [0, 0.05) is 24.0 Å². The number of furan rings is 1. The van der Waals surface area contributed by atoms with Gasteiger partial charge in [-0.3, -0.25) is 4.79 Å². The van der Waals surface area contributed by atoms with E-state index in [0.29, 0.717) is 28.2 Å². The number of piperidine rings is 1. The first-order chi connectivity index (χ1) is 9.97. The second-order valence-corrected chi connectivity index (χ2v) is 6.74. The average molecular weight is 306 g/mol. The minimum Gasteiger partial charge on any atom is -0.449 e. The van der Waals surface area contributed by atoms with Gasteiger partial charge in [0.05, 0.1) is 5.02 Å². The lowest BCUT2D eigenvalue weighted by Gasteiger charge is -2.34. The zero-order valence-electron chi connectivity index (χ0n) is 12.6. The van der Waals surface area contributed by atoms with Crippen LogP contribution >= 0.6 is 11.6 Å². The number of halogens is 1. The fourth-order valence-electron chi connectivity index (χ4n) is 3.39. The number of rotatable bonds is 1. The van der Waals surface area contributed by atoms with Crippen molar-refractivity contribution in [3.63, 3.8) is 0 Å². The molecule has 3 nitrogen and oxygen atoms in total. The van der Waals surface area contributed by atoms with Gasteiger partial charge >= 0.3 is 0 Å². The monoisotopic (exact) mass is 305 g/mol. The molecule has 1 saturated heterocycles. The lowest BCUT2D eigenvalue weighted by Crippen LogP contribution is -2.42. The summed E-state index contributed by atoms with van der Waals surface area (Å²) in [4.78, 5) is 14.7. The van der Waals surface area contributed by atoms with Gasteiger partial charge in [-0.25, -0.2) is 0 Å². The average Bonchev–Trinajstić information content (AvgIpc) is 2.76. The van der Waals surface area contributed by atoms with Gasteiger partial charge in [-0.15, -0.1) is 0 Å². The molecule has 2 heterocycles. The van der Waals surface area contributed by atoms with Crippen molar-refractivity contribution >= 4 is 28.5 Å². The summed E-state index contributed by atoms with van der Waals surface area (Å²) in [6.07, 6.45) is 1.18. The van der Waals surface area contributed by atoms with E-state index in [2.05, 4.69) is 13.8 Å². The van der Waals surface area contributed by atoms with E-state index in [1.807, 2.05) is 24.0 Å². The first-order valence-corrected chi connectivity index (χ1v) is 7.82. The molecular weight excluding hydrogens is 286 g/mol. The molecule has 21 heavy (non-hydrogen) atoms. The highest BCUT2D eigenvalue weighted by atomic mass is 35.5. The van der Waals surface area contributed by atoms with E-state index in [1.165, 1.54) is 6.42 Å². The van der Waals surface area contributed by atoms with Crippen LogP contribution in [0.3, 0.4) is 0 Å². The maximum Gasteiger partial charge on any atom is 0.289 e. The first-order valence-electron chi connectivity index (χ1n) is 7.44. The SMILES string of the molecule is Cc1c(C(=O)N2CC(C)CC(C)C2)oc2c(Cl)cccc12. The molecule has 0 saturated carbocycles. The van der Waals surface area contributed by atoms with Crippen LogP contribution in [-0.4, -0.2) is 23.9 Å². The van der Waals surface area contributed by atoms with E-state index < -0.39 is 0 Å². The van der Waals surface area contributed by atoms with E-state index in [4.69, 9.17) is 16.0 Å². The van der Waals surface area contributed by atoms with Crippen molar-refractivity contribution in [3.8, 4) is 0 Å². The number of fused-ring (bicyclic) bond motifs is 1. The Morgan fingerprint density at radius 2 is 1.95 bits per heavy atom. The van der Waals surface area contributed by atoms with Gasteiger partial charge < -0.3 is 9.32 Å². The summed E-state index contributed by atoms with van der Waals surface area (Å²) in [6, 6.07) is 5.61. The second-order valence-electron chi connectivity index (χ2n) is 6.33. The molecule has 0 radical (unpaired) electrons. The third-order valence-corrected chi connectivity index (χ3v) is 4.56. The van der Waals surface area contributed by atoms with Crippen molar-refractivity contribution in [2.75, 3.05) is 13.1 Å². The number of aryl methyl sites for hydroxylation is 1. The summed E-state index contributed by atoms with van der Waals surface area (Å²) in [6.45, 7) is 7.91. The van der Waals surface area contributed by atoms with Crippen LogP contribution in [0.2, 0.25) is 5.02 Å². The molecule has 112 valence electrons. The molecule has 0 aliphatic carbocycles. The molecule has 1 aromatic carbocycles. The van der Waals surface area contributed by atoms with Crippen LogP contribution in [0.1, 0.15) is 36.4 Å². The maximum absolute atomic E-state index is 12.8. The number of carbonyl (C=O) groups excluding carboxylic acids is 1. The van der Waals surface area contributed by atoms with Gasteiger partial charge in [0.25, 0.3) is 5.91 Å². The molecule has 2 unspecified atom stereocenters. The quantitative estimate of drug-likeness (QED) is 0.776. The Kier molecular flexibility index (Phi) is 3.70. The number of hydrogen-bond donors (Lipinski definition) is 0. The summed E-state index contributed by atoms with van der Waals surface area (Å²) in [5, 5.41) is 1.47. The van der Waals surface area contributed by atoms with Crippen LogP contribution in [-0.2, 0) is 0 Å². The van der Waals surface area contributed by atoms with Crippen molar-refractivity contribution < 1.29 is 9.21 Å². The number of amides is 1. The van der Waals surface area contributed by atoms with Crippen LogP contribution < -0.4 is 0 Å². The minimum atomic E-state index is -0.0156. The number of para-hydroxylation sites is 1. The van der Waals surface area contributed by atoms with Crippen LogP contribution in [0.5, 0.6) is 0 Å². The van der Waals surface area contributed by atoms with Gasteiger partial charge in [-0.05, 0) is 31.2 Å². The zero-order valence-corrected chi connectivity index (χ0v) is 13.4. The predicted octanol–water partition coefficient (Wildman–Crippen LogP) is 4.51. The van der Waals surface area contributed by atoms with Gasteiger partial charge in [0.2, 0.25) is 0 Å². The largest absolute Gasteiger partial charge is 0.449 e. The van der Waals surface area contributed by atoms with Crippen LogP contribution in [0.15, 0.2) is 22.6 Å². The van der Waals surface area contributed by atoms with Crippen molar-refractivity contribution in [1.82, 2.24) is 4.90 Å². The molecule has 2 aromatic rings. The lowest BCUT2D eigenvalue weighted by molar-refractivity contribution is 0.0593. The molecule has 1 aliphatic heterocycles. The Bertz CT molecular complexity index is 681. The Morgan fingerprint density at radius 1 is 1.29 bits per heavy atom. The normalized spacial score (nSPS) is 22.8. The second kappa shape index (κ2) is 5.38. The summed E-state index contributed by atoms with van der Waals surface area (Å²) in [7, 11) is 0. The third kappa shape index (κ3) is 2.55. The minimum absolute atomic E-state index is 0.0156. The van der Waals surface area contributed by atoms with Gasteiger partial charge in [-0.2, -0.15) is 0 Å². The highest BCUT2D eigenvalue weighted by molar-refractivity contribution is 6.35. The number of hydrogen-bond acceptors (Lipinski definition) is 2. The Hall–Kier alpha value is -1.48. The fraction of sp³-hybridized carbons (Fsp3) is 0.471. The molecule has 4 heteroatoms.